The lowest BCUT2D eigenvalue weighted by Gasteiger charge is -2.09. The van der Waals surface area contributed by atoms with E-state index in [-0.39, 0.29) is 5.75 Å². The van der Waals surface area contributed by atoms with Crippen molar-refractivity contribution in [1.82, 2.24) is 0 Å². The van der Waals surface area contributed by atoms with Crippen LogP contribution in [0.4, 0.5) is 0 Å². The summed E-state index contributed by atoms with van der Waals surface area (Å²) in [4.78, 5) is 10.5. The van der Waals surface area contributed by atoms with Gasteiger partial charge in [-0.15, -0.1) is 11.6 Å². The minimum atomic E-state index is -0.626. The van der Waals surface area contributed by atoms with Gasteiger partial charge in [0.1, 0.15) is 17.4 Å². The van der Waals surface area contributed by atoms with Gasteiger partial charge in [0.25, 0.3) is 0 Å². The summed E-state index contributed by atoms with van der Waals surface area (Å²) in [6.07, 6.45) is 0.681. The first kappa shape index (κ1) is 10.1. The van der Waals surface area contributed by atoms with Crippen LogP contribution in [-0.4, -0.2) is 11.4 Å². The van der Waals surface area contributed by atoms with E-state index in [1.54, 1.807) is 19.1 Å². The van der Waals surface area contributed by atoms with E-state index in [4.69, 9.17) is 11.6 Å². The third-order valence-electron chi connectivity index (χ3n) is 2.00. The molecule has 3 heteroatoms. The fraction of sp³-hybridized carbons (Fsp3) is 0.300. The second kappa shape index (κ2) is 3.79. The average molecular weight is 199 g/mol. The summed E-state index contributed by atoms with van der Waals surface area (Å²) < 4.78 is 0. The normalized spacial score (nSPS) is 12.5. The van der Waals surface area contributed by atoms with Gasteiger partial charge >= 0.3 is 0 Å². The van der Waals surface area contributed by atoms with Crippen LogP contribution in [0.1, 0.15) is 22.1 Å². The molecule has 1 unspecified atom stereocenters. The minimum absolute atomic E-state index is 0.232. The lowest BCUT2D eigenvalue weighted by molar-refractivity contribution is -0.107. The predicted octanol–water partition coefficient (Wildman–Crippen LogP) is 2.49. The molecule has 70 valence electrons. The summed E-state index contributed by atoms with van der Waals surface area (Å²) in [5.74, 6) is 0.232. The van der Waals surface area contributed by atoms with Crippen molar-refractivity contribution in [3.05, 3.63) is 28.8 Å². The van der Waals surface area contributed by atoms with Gasteiger partial charge in [-0.05, 0) is 36.6 Å². The summed E-state index contributed by atoms with van der Waals surface area (Å²) in [7, 11) is 0. The van der Waals surface area contributed by atoms with E-state index in [0.29, 0.717) is 6.29 Å². The molecule has 0 saturated heterocycles. The third-order valence-corrected chi connectivity index (χ3v) is 2.34. The first-order valence-corrected chi connectivity index (χ1v) is 4.39. The summed E-state index contributed by atoms with van der Waals surface area (Å²) >= 11 is 5.77. The van der Waals surface area contributed by atoms with Crippen molar-refractivity contribution in [2.45, 2.75) is 19.2 Å². The highest BCUT2D eigenvalue weighted by atomic mass is 35.5. The fourth-order valence-corrected chi connectivity index (χ4v) is 1.43. The van der Waals surface area contributed by atoms with Crippen LogP contribution >= 0.6 is 11.6 Å². The zero-order chi connectivity index (χ0) is 10.0. The topological polar surface area (TPSA) is 37.3 Å². The van der Waals surface area contributed by atoms with Crippen molar-refractivity contribution in [1.29, 1.82) is 0 Å². The highest BCUT2D eigenvalue weighted by Crippen LogP contribution is 2.27. The lowest BCUT2D eigenvalue weighted by atomic mass is 10.0. The molecule has 13 heavy (non-hydrogen) atoms. The number of carbonyl (C=O) groups excluding carboxylic acids is 1. The number of rotatable bonds is 2. The van der Waals surface area contributed by atoms with Crippen molar-refractivity contribution in [2.75, 3.05) is 0 Å². The average Bonchev–Trinajstić information content (AvgIpc) is 2.10. The quantitative estimate of drug-likeness (QED) is 0.586. The SMILES string of the molecule is Cc1cc(C(Cl)C=O)c(C)cc1O. The maximum atomic E-state index is 10.5. The van der Waals surface area contributed by atoms with Gasteiger partial charge < -0.3 is 9.90 Å². The molecule has 0 amide bonds. The molecule has 1 N–H and O–H groups in total. The number of aryl methyl sites for hydroxylation is 2. The van der Waals surface area contributed by atoms with Crippen molar-refractivity contribution >= 4 is 17.9 Å². The number of hydrogen-bond acceptors (Lipinski definition) is 2. The number of halogens is 1. The highest BCUT2D eigenvalue weighted by Gasteiger charge is 2.11. The highest BCUT2D eigenvalue weighted by molar-refractivity contribution is 6.27. The van der Waals surface area contributed by atoms with Crippen molar-refractivity contribution in [2.24, 2.45) is 0 Å². The van der Waals surface area contributed by atoms with Gasteiger partial charge in [-0.1, -0.05) is 6.07 Å². The van der Waals surface area contributed by atoms with Gasteiger partial charge in [-0.2, -0.15) is 0 Å². The van der Waals surface area contributed by atoms with E-state index in [1.807, 2.05) is 6.92 Å². The summed E-state index contributed by atoms with van der Waals surface area (Å²) in [5, 5.41) is 8.72. The van der Waals surface area contributed by atoms with Gasteiger partial charge in [0.05, 0.1) is 0 Å². The minimum Gasteiger partial charge on any atom is -0.508 e. The molecule has 0 aliphatic heterocycles. The largest absolute Gasteiger partial charge is 0.508 e. The van der Waals surface area contributed by atoms with E-state index in [9.17, 15) is 9.90 Å². The Hall–Kier alpha value is -1.02. The Morgan fingerprint density at radius 2 is 2.00 bits per heavy atom. The predicted molar refractivity (Wildman–Crippen MR) is 52.2 cm³/mol. The van der Waals surface area contributed by atoms with Gasteiger partial charge in [-0.3, -0.25) is 0 Å². The first-order valence-electron chi connectivity index (χ1n) is 3.95. The van der Waals surface area contributed by atoms with Crippen LogP contribution in [0.3, 0.4) is 0 Å². The molecule has 0 radical (unpaired) electrons. The number of benzene rings is 1. The maximum Gasteiger partial charge on any atom is 0.142 e. The molecule has 0 aliphatic rings. The van der Waals surface area contributed by atoms with Crippen molar-refractivity contribution < 1.29 is 9.90 Å². The fourth-order valence-electron chi connectivity index (χ4n) is 1.19. The molecule has 0 fully saturated rings. The van der Waals surface area contributed by atoms with E-state index in [0.717, 1.165) is 16.7 Å². The zero-order valence-corrected chi connectivity index (χ0v) is 8.30. The molecule has 1 aromatic rings. The number of phenolic OH excluding ortho intramolecular Hbond substituents is 1. The van der Waals surface area contributed by atoms with Crippen LogP contribution in [0, 0.1) is 13.8 Å². The number of alkyl halides is 1. The number of aldehydes is 1. The Morgan fingerprint density at radius 3 is 2.54 bits per heavy atom. The van der Waals surface area contributed by atoms with E-state index >= 15 is 0 Å². The van der Waals surface area contributed by atoms with Gasteiger partial charge in [0, 0.05) is 0 Å². The molecule has 0 aromatic heterocycles. The molecule has 0 bridgehead atoms. The van der Waals surface area contributed by atoms with Crippen molar-refractivity contribution in [3.8, 4) is 5.75 Å². The monoisotopic (exact) mass is 198 g/mol. The Kier molecular flexibility index (Phi) is 2.94. The van der Waals surface area contributed by atoms with Crippen LogP contribution in [-0.2, 0) is 4.79 Å². The third kappa shape index (κ3) is 2.01. The zero-order valence-electron chi connectivity index (χ0n) is 7.54. The summed E-state index contributed by atoms with van der Waals surface area (Å²) in [6, 6.07) is 3.35. The molecule has 2 nitrogen and oxygen atoms in total. The molecule has 0 aliphatic carbocycles. The molecule has 0 heterocycles. The molecule has 0 saturated carbocycles. The molecule has 1 aromatic carbocycles. The molecule has 0 spiro atoms. The number of aromatic hydroxyl groups is 1. The molecular weight excluding hydrogens is 188 g/mol. The Labute approximate surface area is 82.2 Å². The molecular formula is C10H11ClO2. The van der Waals surface area contributed by atoms with Gasteiger partial charge in [-0.25, -0.2) is 0 Å². The first-order chi connectivity index (χ1) is 6.06. The van der Waals surface area contributed by atoms with Crippen LogP contribution in [0.2, 0.25) is 0 Å². The Balaban J connectivity index is 3.22. The van der Waals surface area contributed by atoms with Crippen molar-refractivity contribution in [3.63, 3.8) is 0 Å². The summed E-state index contributed by atoms with van der Waals surface area (Å²) in [6.45, 7) is 3.58. The lowest BCUT2D eigenvalue weighted by Crippen LogP contribution is -1.95. The van der Waals surface area contributed by atoms with Gasteiger partial charge in [0.2, 0.25) is 0 Å². The number of hydrogen-bond donors (Lipinski definition) is 1. The van der Waals surface area contributed by atoms with E-state index in [2.05, 4.69) is 0 Å². The van der Waals surface area contributed by atoms with Gasteiger partial charge in [0.15, 0.2) is 0 Å². The molecule has 1 rings (SSSR count). The second-order valence-corrected chi connectivity index (χ2v) is 3.50. The van der Waals surface area contributed by atoms with E-state index < -0.39 is 5.38 Å². The number of phenols is 1. The number of carbonyl (C=O) groups is 1. The Morgan fingerprint density at radius 1 is 1.38 bits per heavy atom. The van der Waals surface area contributed by atoms with Crippen LogP contribution < -0.4 is 0 Å². The smallest absolute Gasteiger partial charge is 0.142 e. The van der Waals surface area contributed by atoms with Crippen LogP contribution in [0.15, 0.2) is 12.1 Å². The molecule has 1 atom stereocenters. The standard InChI is InChI=1S/C10H11ClO2/c1-6-4-10(13)7(2)3-8(6)9(11)5-12/h3-5,9,13H,1-2H3. The maximum absolute atomic E-state index is 10.5. The second-order valence-electron chi connectivity index (χ2n) is 3.03. The van der Waals surface area contributed by atoms with Crippen LogP contribution in [0.5, 0.6) is 5.75 Å². The summed E-state index contributed by atoms with van der Waals surface area (Å²) in [5.41, 5.74) is 2.32. The van der Waals surface area contributed by atoms with Crippen LogP contribution in [0.25, 0.3) is 0 Å². The van der Waals surface area contributed by atoms with E-state index in [1.165, 1.54) is 0 Å². The Bertz CT molecular complexity index is 334.